The zero-order valence-corrected chi connectivity index (χ0v) is 7.13. The molecule has 0 N–H and O–H groups in total. The van der Waals surface area contributed by atoms with Gasteiger partial charge in [0.2, 0.25) is 0 Å². The number of hydrogen-bond donors (Lipinski definition) is 0. The molecule has 62 valence electrons. The van der Waals surface area contributed by atoms with Crippen LogP contribution in [0.5, 0.6) is 0 Å². The Balaban J connectivity index is 1.98. The van der Waals surface area contributed by atoms with Crippen molar-refractivity contribution in [1.82, 2.24) is 4.90 Å². The van der Waals surface area contributed by atoms with Gasteiger partial charge in [-0.25, -0.2) is 0 Å². The fraction of sp³-hybridized carbons (Fsp3) is 0.800. The van der Waals surface area contributed by atoms with E-state index in [1.54, 1.807) is 0 Å². The third kappa shape index (κ3) is 1.64. The van der Waals surface area contributed by atoms with E-state index in [2.05, 4.69) is 17.1 Å². The zero-order chi connectivity index (χ0) is 7.52. The second kappa shape index (κ2) is 3.40. The van der Waals surface area contributed by atoms with Gasteiger partial charge in [-0.05, 0) is 45.2 Å². The Morgan fingerprint density at radius 1 is 1.09 bits per heavy atom. The van der Waals surface area contributed by atoms with Crippen LogP contribution < -0.4 is 0 Å². The molecule has 1 nitrogen and oxygen atoms in total. The molecule has 0 aromatic heterocycles. The highest BCUT2D eigenvalue weighted by molar-refractivity contribution is 4.92. The van der Waals surface area contributed by atoms with E-state index in [1.165, 1.54) is 45.2 Å². The van der Waals surface area contributed by atoms with Gasteiger partial charge in [-0.15, -0.1) is 0 Å². The molecule has 0 unspecified atom stereocenters. The van der Waals surface area contributed by atoms with E-state index in [0.717, 1.165) is 6.04 Å². The van der Waals surface area contributed by atoms with Crippen molar-refractivity contribution in [1.29, 1.82) is 0 Å². The third-order valence-corrected chi connectivity index (χ3v) is 2.89. The van der Waals surface area contributed by atoms with Gasteiger partial charge >= 0.3 is 0 Å². The zero-order valence-electron chi connectivity index (χ0n) is 7.13. The van der Waals surface area contributed by atoms with E-state index in [4.69, 9.17) is 0 Å². The molecule has 0 aliphatic carbocycles. The van der Waals surface area contributed by atoms with Crippen molar-refractivity contribution in [3.05, 3.63) is 12.2 Å². The Kier molecular flexibility index (Phi) is 2.27. The normalized spacial score (nSPS) is 35.8. The standard InChI is InChI=1S/C10H17N/c1-2-4-8-11-9-5-7-10(11)6-3-1/h1,3,10H,2,4-9H2/b3-1-/t10-/m1/s1. The summed E-state index contributed by atoms with van der Waals surface area (Å²) in [6.07, 6.45) is 11.6. The average molecular weight is 151 g/mol. The molecule has 2 aliphatic rings. The van der Waals surface area contributed by atoms with Gasteiger partial charge in [0, 0.05) is 6.04 Å². The van der Waals surface area contributed by atoms with Gasteiger partial charge in [-0.1, -0.05) is 12.2 Å². The van der Waals surface area contributed by atoms with Gasteiger partial charge in [0.25, 0.3) is 0 Å². The van der Waals surface area contributed by atoms with E-state index in [-0.39, 0.29) is 0 Å². The van der Waals surface area contributed by atoms with Crippen molar-refractivity contribution in [2.24, 2.45) is 0 Å². The summed E-state index contributed by atoms with van der Waals surface area (Å²) in [5, 5.41) is 0. The van der Waals surface area contributed by atoms with Crippen LogP contribution in [-0.4, -0.2) is 24.0 Å². The minimum atomic E-state index is 0.895. The summed E-state index contributed by atoms with van der Waals surface area (Å²) in [4.78, 5) is 2.67. The lowest BCUT2D eigenvalue weighted by molar-refractivity contribution is 0.249. The SMILES string of the molecule is C1=C\C[C@@H]2CCCN2CCC/1. The summed E-state index contributed by atoms with van der Waals surface area (Å²) in [6, 6.07) is 0.895. The molecule has 0 saturated carbocycles. The Bertz CT molecular complexity index is 151. The fourth-order valence-corrected chi connectivity index (χ4v) is 2.24. The minimum absolute atomic E-state index is 0.895. The van der Waals surface area contributed by atoms with E-state index in [0.29, 0.717) is 0 Å². The van der Waals surface area contributed by atoms with Crippen LogP contribution >= 0.6 is 0 Å². The second-order valence-corrected chi connectivity index (χ2v) is 3.68. The van der Waals surface area contributed by atoms with E-state index < -0.39 is 0 Å². The highest BCUT2D eigenvalue weighted by Crippen LogP contribution is 2.22. The smallest absolute Gasteiger partial charge is 0.0130 e. The molecular formula is C10H17N. The summed E-state index contributed by atoms with van der Waals surface area (Å²) in [6.45, 7) is 2.70. The maximum Gasteiger partial charge on any atom is 0.0130 e. The largest absolute Gasteiger partial charge is 0.300 e. The summed E-state index contributed by atoms with van der Waals surface area (Å²) >= 11 is 0. The molecule has 1 saturated heterocycles. The van der Waals surface area contributed by atoms with Crippen LogP contribution in [0.3, 0.4) is 0 Å². The van der Waals surface area contributed by atoms with Crippen LogP contribution in [0.1, 0.15) is 32.1 Å². The van der Waals surface area contributed by atoms with Crippen LogP contribution in [0, 0.1) is 0 Å². The Hall–Kier alpha value is -0.300. The van der Waals surface area contributed by atoms with Gasteiger partial charge in [0.15, 0.2) is 0 Å². The van der Waals surface area contributed by atoms with Gasteiger partial charge < -0.3 is 4.90 Å². The third-order valence-electron chi connectivity index (χ3n) is 2.89. The lowest BCUT2D eigenvalue weighted by Crippen LogP contribution is -2.30. The van der Waals surface area contributed by atoms with E-state index >= 15 is 0 Å². The first kappa shape index (κ1) is 7.35. The van der Waals surface area contributed by atoms with Gasteiger partial charge in [-0.2, -0.15) is 0 Å². The summed E-state index contributed by atoms with van der Waals surface area (Å²) < 4.78 is 0. The number of nitrogens with zero attached hydrogens (tertiary/aromatic N) is 1. The molecule has 1 atom stereocenters. The van der Waals surface area contributed by atoms with Crippen LogP contribution in [0.4, 0.5) is 0 Å². The Morgan fingerprint density at radius 2 is 2.00 bits per heavy atom. The second-order valence-electron chi connectivity index (χ2n) is 3.68. The van der Waals surface area contributed by atoms with Crippen LogP contribution in [-0.2, 0) is 0 Å². The number of allylic oxidation sites excluding steroid dienone is 1. The average Bonchev–Trinajstić information content (AvgIpc) is 2.35. The van der Waals surface area contributed by atoms with Gasteiger partial charge in [0.05, 0.1) is 0 Å². The molecule has 11 heavy (non-hydrogen) atoms. The van der Waals surface area contributed by atoms with E-state index in [1.807, 2.05) is 0 Å². The van der Waals surface area contributed by atoms with Crippen LogP contribution in [0.25, 0.3) is 0 Å². The molecule has 2 heterocycles. The molecule has 1 heteroatoms. The van der Waals surface area contributed by atoms with Crippen molar-refractivity contribution in [3.8, 4) is 0 Å². The monoisotopic (exact) mass is 151 g/mol. The fourth-order valence-electron chi connectivity index (χ4n) is 2.24. The molecule has 0 radical (unpaired) electrons. The predicted molar refractivity (Wildman–Crippen MR) is 47.6 cm³/mol. The molecule has 0 aromatic carbocycles. The highest BCUT2D eigenvalue weighted by atomic mass is 15.2. The topological polar surface area (TPSA) is 3.24 Å². The van der Waals surface area contributed by atoms with Crippen molar-refractivity contribution in [3.63, 3.8) is 0 Å². The molecule has 0 bridgehead atoms. The van der Waals surface area contributed by atoms with Crippen LogP contribution in [0.15, 0.2) is 12.2 Å². The summed E-state index contributed by atoms with van der Waals surface area (Å²) in [5.74, 6) is 0. The summed E-state index contributed by atoms with van der Waals surface area (Å²) in [7, 11) is 0. The quantitative estimate of drug-likeness (QED) is 0.480. The number of hydrogen-bond acceptors (Lipinski definition) is 1. The first-order valence-electron chi connectivity index (χ1n) is 4.86. The van der Waals surface area contributed by atoms with Crippen molar-refractivity contribution < 1.29 is 0 Å². The van der Waals surface area contributed by atoms with Crippen LogP contribution in [0.2, 0.25) is 0 Å². The lowest BCUT2D eigenvalue weighted by Gasteiger charge is -2.24. The molecule has 0 aromatic rings. The summed E-state index contributed by atoms with van der Waals surface area (Å²) in [5.41, 5.74) is 0. The predicted octanol–water partition coefficient (Wildman–Crippen LogP) is 2.19. The minimum Gasteiger partial charge on any atom is -0.300 e. The Labute approximate surface area is 69.1 Å². The van der Waals surface area contributed by atoms with Gasteiger partial charge in [-0.3, -0.25) is 0 Å². The molecule has 2 aliphatic heterocycles. The first-order valence-corrected chi connectivity index (χ1v) is 4.86. The molecule has 1 fully saturated rings. The molecule has 0 amide bonds. The number of rotatable bonds is 0. The highest BCUT2D eigenvalue weighted by Gasteiger charge is 2.22. The Morgan fingerprint density at radius 3 is 3.00 bits per heavy atom. The number of fused-ring (bicyclic) bond motifs is 1. The van der Waals surface area contributed by atoms with Gasteiger partial charge in [0.1, 0.15) is 0 Å². The van der Waals surface area contributed by atoms with Crippen molar-refractivity contribution in [2.75, 3.05) is 13.1 Å². The maximum atomic E-state index is 2.67. The van der Waals surface area contributed by atoms with E-state index in [9.17, 15) is 0 Å². The lowest BCUT2D eigenvalue weighted by atomic mass is 10.1. The van der Waals surface area contributed by atoms with Crippen molar-refractivity contribution in [2.45, 2.75) is 38.1 Å². The van der Waals surface area contributed by atoms with Crippen molar-refractivity contribution >= 4 is 0 Å². The maximum absolute atomic E-state index is 2.67. The molecular weight excluding hydrogens is 134 g/mol. The molecule has 0 spiro atoms. The molecule has 2 rings (SSSR count). The first-order chi connectivity index (χ1) is 5.47.